The molecule has 7 heteroatoms. The van der Waals surface area contributed by atoms with E-state index in [4.69, 9.17) is 9.72 Å². The van der Waals surface area contributed by atoms with Gasteiger partial charge in [0.2, 0.25) is 11.9 Å². The van der Waals surface area contributed by atoms with Crippen LogP contribution in [0.1, 0.15) is 36.9 Å². The summed E-state index contributed by atoms with van der Waals surface area (Å²) >= 11 is 0. The van der Waals surface area contributed by atoms with Crippen LogP contribution in [0, 0.1) is 6.92 Å². The molecule has 2 aromatic rings. The lowest BCUT2D eigenvalue weighted by Gasteiger charge is -2.37. The zero-order chi connectivity index (χ0) is 21.4. The van der Waals surface area contributed by atoms with Crippen molar-refractivity contribution in [2.45, 2.75) is 38.0 Å². The standard InChI is InChI=1S/C24H31N5O2/c1-18-17-21(26-23(25-18)29-11-5-6-12-29)27-13-15-28(16-14-27)22(30)24(9-10-24)19-7-3-4-8-20(19)31-2/h3-4,7-8,17H,5-6,9-16H2,1-2H3. The highest BCUT2D eigenvalue weighted by Gasteiger charge is 2.54. The van der Waals surface area contributed by atoms with E-state index in [-0.39, 0.29) is 5.91 Å². The molecule has 31 heavy (non-hydrogen) atoms. The average molecular weight is 422 g/mol. The highest BCUT2D eigenvalue weighted by molar-refractivity contribution is 5.92. The number of benzene rings is 1. The zero-order valence-corrected chi connectivity index (χ0v) is 18.5. The minimum absolute atomic E-state index is 0.244. The third-order valence-corrected chi connectivity index (χ3v) is 6.89. The fraction of sp³-hybridized carbons (Fsp3) is 0.542. The van der Waals surface area contributed by atoms with E-state index in [0.29, 0.717) is 0 Å². The number of aryl methyl sites for hydroxylation is 1. The van der Waals surface area contributed by atoms with E-state index in [0.717, 1.165) is 80.9 Å². The third kappa shape index (κ3) is 3.70. The van der Waals surface area contributed by atoms with E-state index in [1.165, 1.54) is 12.8 Å². The van der Waals surface area contributed by atoms with E-state index < -0.39 is 5.41 Å². The second-order valence-corrected chi connectivity index (χ2v) is 8.92. The summed E-state index contributed by atoms with van der Waals surface area (Å²) in [4.78, 5) is 29.6. The van der Waals surface area contributed by atoms with Gasteiger partial charge in [-0.1, -0.05) is 18.2 Å². The van der Waals surface area contributed by atoms with Gasteiger partial charge >= 0.3 is 0 Å². The molecule has 3 aliphatic rings. The van der Waals surface area contributed by atoms with Crippen molar-refractivity contribution >= 4 is 17.7 Å². The van der Waals surface area contributed by atoms with Crippen LogP contribution in [-0.2, 0) is 10.2 Å². The molecule has 3 fully saturated rings. The number of anilines is 2. The largest absolute Gasteiger partial charge is 0.496 e. The van der Waals surface area contributed by atoms with E-state index in [1.54, 1.807) is 7.11 Å². The van der Waals surface area contributed by atoms with Crippen LogP contribution in [0.3, 0.4) is 0 Å². The number of methoxy groups -OCH3 is 1. The van der Waals surface area contributed by atoms with Crippen LogP contribution in [0.4, 0.5) is 11.8 Å². The van der Waals surface area contributed by atoms with Gasteiger partial charge in [0.15, 0.2) is 0 Å². The number of rotatable bonds is 5. The van der Waals surface area contributed by atoms with Gasteiger partial charge in [0, 0.05) is 56.6 Å². The van der Waals surface area contributed by atoms with Gasteiger partial charge in [0.1, 0.15) is 11.6 Å². The molecule has 0 bridgehead atoms. The minimum Gasteiger partial charge on any atom is -0.496 e. The number of ether oxygens (including phenoxy) is 1. The lowest BCUT2D eigenvalue weighted by Crippen LogP contribution is -2.52. The number of carbonyl (C=O) groups excluding carboxylic acids is 1. The van der Waals surface area contributed by atoms with Crippen LogP contribution in [0.5, 0.6) is 5.75 Å². The fourth-order valence-corrected chi connectivity index (χ4v) is 4.96. The molecule has 2 saturated heterocycles. The monoisotopic (exact) mass is 421 g/mol. The lowest BCUT2D eigenvalue weighted by atomic mass is 9.93. The smallest absolute Gasteiger partial charge is 0.233 e. The second kappa shape index (κ2) is 8.02. The van der Waals surface area contributed by atoms with Gasteiger partial charge in [-0.05, 0) is 38.7 Å². The Labute approximate surface area is 184 Å². The third-order valence-electron chi connectivity index (χ3n) is 6.89. The normalized spacial score (nSPS) is 20.1. The number of para-hydroxylation sites is 1. The summed E-state index contributed by atoms with van der Waals surface area (Å²) in [5, 5.41) is 0. The van der Waals surface area contributed by atoms with Crippen LogP contribution < -0.4 is 14.5 Å². The second-order valence-electron chi connectivity index (χ2n) is 8.92. The summed E-state index contributed by atoms with van der Waals surface area (Å²) < 4.78 is 5.55. The van der Waals surface area contributed by atoms with Gasteiger partial charge < -0.3 is 19.4 Å². The summed E-state index contributed by atoms with van der Waals surface area (Å²) in [6.45, 7) is 7.14. The molecular formula is C24H31N5O2. The first kappa shape index (κ1) is 20.1. The first-order valence-corrected chi connectivity index (χ1v) is 11.4. The Kier molecular flexibility index (Phi) is 5.20. The van der Waals surface area contributed by atoms with Crippen molar-refractivity contribution in [1.82, 2.24) is 14.9 Å². The highest BCUT2D eigenvalue weighted by Crippen LogP contribution is 2.52. The molecule has 0 atom stereocenters. The van der Waals surface area contributed by atoms with Crippen LogP contribution >= 0.6 is 0 Å². The molecule has 1 aromatic carbocycles. The molecule has 1 aliphatic carbocycles. The maximum atomic E-state index is 13.5. The molecule has 1 amide bonds. The van der Waals surface area contributed by atoms with Gasteiger partial charge in [-0.2, -0.15) is 4.98 Å². The first-order valence-electron chi connectivity index (χ1n) is 11.4. The average Bonchev–Trinajstić information content (AvgIpc) is 3.43. The van der Waals surface area contributed by atoms with Crippen molar-refractivity contribution in [1.29, 1.82) is 0 Å². The molecule has 164 valence electrons. The molecular weight excluding hydrogens is 390 g/mol. The summed E-state index contributed by atoms with van der Waals surface area (Å²) in [6, 6.07) is 10.0. The van der Waals surface area contributed by atoms with E-state index in [1.807, 2.05) is 36.1 Å². The van der Waals surface area contributed by atoms with Crippen molar-refractivity contribution in [3.05, 3.63) is 41.6 Å². The van der Waals surface area contributed by atoms with Crippen molar-refractivity contribution < 1.29 is 9.53 Å². The van der Waals surface area contributed by atoms with Gasteiger partial charge in [-0.15, -0.1) is 0 Å². The number of hydrogen-bond donors (Lipinski definition) is 0. The van der Waals surface area contributed by atoms with Gasteiger partial charge in [-0.3, -0.25) is 4.79 Å². The van der Waals surface area contributed by atoms with Crippen molar-refractivity contribution in [2.24, 2.45) is 0 Å². The van der Waals surface area contributed by atoms with E-state index in [9.17, 15) is 4.79 Å². The minimum atomic E-state index is -0.400. The summed E-state index contributed by atoms with van der Waals surface area (Å²) in [5.74, 6) is 2.89. The molecule has 0 spiro atoms. The van der Waals surface area contributed by atoms with E-state index >= 15 is 0 Å². The molecule has 5 rings (SSSR count). The van der Waals surface area contributed by atoms with Gasteiger partial charge in [0.25, 0.3) is 0 Å². The summed E-state index contributed by atoms with van der Waals surface area (Å²) in [5.41, 5.74) is 1.63. The quantitative estimate of drug-likeness (QED) is 0.740. The lowest BCUT2D eigenvalue weighted by molar-refractivity contribution is -0.134. The Hall–Kier alpha value is -2.83. The Balaban J connectivity index is 1.28. The van der Waals surface area contributed by atoms with Crippen molar-refractivity contribution in [3.63, 3.8) is 0 Å². The van der Waals surface area contributed by atoms with Gasteiger partial charge in [-0.25, -0.2) is 4.98 Å². The maximum absolute atomic E-state index is 13.5. The van der Waals surface area contributed by atoms with Crippen LogP contribution in [-0.4, -0.2) is 67.2 Å². The number of aromatic nitrogens is 2. The molecule has 1 saturated carbocycles. The fourth-order valence-electron chi connectivity index (χ4n) is 4.96. The van der Waals surface area contributed by atoms with Crippen molar-refractivity contribution in [2.75, 3.05) is 56.2 Å². The Morgan fingerprint density at radius 2 is 1.68 bits per heavy atom. The number of nitrogens with zero attached hydrogens (tertiary/aromatic N) is 5. The number of amides is 1. The molecule has 0 unspecified atom stereocenters. The first-order chi connectivity index (χ1) is 15.1. The molecule has 2 aliphatic heterocycles. The molecule has 0 N–H and O–H groups in total. The van der Waals surface area contributed by atoms with Crippen LogP contribution in [0.2, 0.25) is 0 Å². The highest BCUT2D eigenvalue weighted by atomic mass is 16.5. The number of piperazine rings is 1. The Bertz CT molecular complexity index is 960. The van der Waals surface area contributed by atoms with Crippen molar-refractivity contribution in [3.8, 4) is 5.75 Å². The molecule has 1 aromatic heterocycles. The molecule has 7 nitrogen and oxygen atoms in total. The predicted octanol–water partition coefficient (Wildman–Crippen LogP) is 2.77. The number of carbonyl (C=O) groups is 1. The van der Waals surface area contributed by atoms with Gasteiger partial charge in [0.05, 0.1) is 12.5 Å². The topological polar surface area (TPSA) is 61.8 Å². The van der Waals surface area contributed by atoms with Crippen LogP contribution in [0.15, 0.2) is 30.3 Å². The predicted molar refractivity (Wildman–Crippen MR) is 121 cm³/mol. The molecule has 3 heterocycles. The Morgan fingerprint density at radius 3 is 2.35 bits per heavy atom. The van der Waals surface area contributed by atoms with Crippen LogP contribution in [0.25, 0.3) is 0 Å². The summed E-state index contributed by atoms with van der Waals surface area (Å²) in [6.07, 6.45) is 4.22. The SMILES string of the molecule is COc1ccccc1C1(C(=O)N2CCN(c3cc(C)nc(N4CCCC4)n3)CC2)CC1. The number of hydrogen-bond acceptors (Lipinski definition) is 6. The summed E-state index contributed by atoms with van der Waals surface area (Å²) in [7, 11) is 1.68. The Morgan fingerprint density at radius 1 is 0.968 bits per heavy atom. The van der Waals surface area contributed by atoms with E-state index in [2.05, 4.69) is 20.9 Å². The maximum Gasteiger partial charge on any atom is 0.233 e. The zero-order valence-electron chi connectivity index (χ0n) is 18.5. The molecule has 0 radical (unpaired) electrons.